The lowest BCUT2D eigenvalue weighted by molar-refractivity contribution is -0.133. The Morgan fingerprint density at radius 3 is 2.61 bits per heavy atom. The maximum atomic E-state index is 12.7. The molecule has 1 aliphatic rings. The minimum atomic E-state index is 0.228. The van der Waals surface area contributed by atoms with Crippen LogP contribution in [-0.2, 0) is 17.9 Å². The molecule has 3 aromatic rings. The number of carbonyl (C=O) groups excluding carboxylic acids is 1. The van der Waals surface area contributed by atoms with Crippen LogP contribution in [0.5, 0.6) is 0 Å². The van der Waals surface area contributed by atoms with Gasteiger partial charge in [0, 0.05) is 44.5 Å². The molecule has 0 bridgehead atoms. The molecule has 5 heteroatoms. The predicted molar refractivity (Wildman–Crippen MR) is 112 cm³/mol. The van der Waals surface area contributed by atoms with Gasteiger partial charge in [-0.25, -0.2) is 0 Å². The van der Waals surface area contributed by atoms with Crippen LogP contribution in [0.3, 0.4) is 0 Å². The van der Waals surface area contributed by atoms with E-state index in [2.05, 4.69) is 66.3 Å². The fourth-order valence-electron chi connectivity index (χ4n) is 3.93. The molecular formula is C23H28N4O. The smallest absolute Gasteiger partial charge is 0.224 e. The second kappa shape index (κ2) is 8.15. The lowest BCUT2D eigenvalue weighted by atomic mass is 10.1. The number of benzene rings is 2. The number of fused-ring (bicyclic) bond motifs is 1. The zero-order valence-electron chi connectivity index (χ0n) is 16.8. The zero-order valence-corrected chi connectivity index (χ0v) is 16.8. The predicted octanol–water partition coefficient (Wildman–Crippen LogP) is 3.39. The summed E-state index contributed by atoms with van der Waals surface area (Å²) >= 11 is 0. The normalized spacial score (nSPS) is 15.3. The summed E-state index contributed by atoms with van der Waals surface area (Å²) in [7, 11) is 0. The van der Waals surface area contributed by atoms with E-state index in [1.807, 2.05) is 15.8 Å². The monoisotopic (exact) mass is 376 g/mol. The van der Waals surface area contributed by atoms with Crippen molar-refractivity contribution in [2.75, 3.05) is 26.2 Å². The molecule has 5 nitrogen and oxygen atoms in total. The Labute approximate surface area is 166 Å². The standard InChI is InChI=1S/C23H28N4O/c1-18-7-8-22-21(15-18)16-24-27(22)10-9-23(28)26-13-11-25(12-14-26)17-20-6-4-3-5-19(20)2/h3-8,15-16H,9-14,17H2,1-2H3. The van der Waals surface area contributed by atoms with Crippen LogP contribution in [0.4, 0.5) is 0 Å². The molecular weight excluding hydrogens is 348 g/mol. The van der Waals surface area contributed by atoms with Gasteiger partial charge in [-0.1, -0.05) is 35.9 Å². The fourth-order valence-corrected chi connectivity index (χ4v) is 3.93. The molecule has 1 aliphatic heterocycles. The fraction of sp³-hybridized carbons (Fsp3) is 0.391. The van der Waals surface area contributed by atoms with Gasteiger partial charge in [0.05, 0.1) is 18.3 Å². The highest BCUT2D eigenvalue weighted by Gasteiger charge is 2.21. The van der Waals surface area contributed by atoms with Gasteiger partial charge in [0.2, 0.25) is 5.91 Å². The van der Waals surface area contributed by atoms with Gasteiger partial charge in [-0.05, 0) is 37.1 Å². The van der Waals surface area contributed by atoms with E-state index in [1.165, 1.54) is 16.7 Å². The van der Waals surface area contributed by atoms with Crippen molar-refractivity contribution in [2.24, 2.45) is 0 Å². The van der Waals surface area contributed by atoms with E-state index in [0.29, 0.717) is 13.0 Å². The molecule has 1 fully saturated rings. The Kier molecular flexibility index (Phi) is 5.44. The number of aromatic nitrogens is 2. The first-order chi connectivity index (χ1) is 13.6. The quantitative estimate of drug-likeness (QED) is 0.685. The molecule has 2 aromatic carbocycles. The van der Waals surface area contributed by atoms with Gasteiger partial charge in [-0.2, -0.15) is 5.10 Å². The minimum Gasteiger partial charge on any atom is -0.340 e. The van der Waals surface area contributed by atoms with Gasteiger partial charge in [0.1, 0.15) is 0 Å². The zero-order chi connectivity index (χ0) is 19.5. The molecule has 0 radical (unpaired) electrons. The minimum absolute atomic E-state index is 0.228. The summed E-state index contributed by atoms with van der Waals surface area (Å²) in [5.74, 6) is 0.228. The maximum absolute atomic E-state index is 12.7. The summed E-state index contributed by atoms with van der Waals surface area (Å²) in [5, 5.41) is 5.59. The number of piperazine rings is 1. The number of hydrogen-bond donors (Lipinski definition) is 0. The number of hydrogen-bond acceptors (Lipinski definition) is 3. The molecule has 28 heavy (non-hydrogen) atoms. The van der Waals surface area contributed by atoms with Crippen molar-refractivity contribution in [1.29, 1.82) is 0 Å². The molecule has 0 atom stereocenters. The Balaban J connectivity index is 1.28. The third kappa shape index (κ3) is 4.09. The van der Waals surface area contributed by atoms with E-state index in [9.17, 15) is 4.79 Å². The summed E-state index contributed by atoms with van der Waals surface area (Å²) in [4.78, 5) is 17.1. The highest BCUT2D eigenvalue weighted by Crippen LogP contribution is 2.16. The third-order valence-corrected chi connectivity index (χ3v) is 5.71. The SMILES string of the molecule is Cc1ccc2c(cnn2CCC(=O)N2CCN(Cc3ccccc3C)CC2)c1. The van der Waals surface area contributed by atoms with Crippen LogP contribution in [0.15, 0.2) is 48.7 Å². The molecule has 0 aliphatic carbocycles. The van der Waals surface area contributed by atoms with Crippen molar-refractivity contribution in [1.82, 2.24) is 19.6 Å². The Morgan fingerprint density at radius 1 is 1.04 bits per heavy atom. The van der Waals surface area contributed by atoms with Gasteiger partial charge in [-0.15, -0.1) is 0 Å². The first kappa shape index (κ1) is 18.7. The number of amides is 1. The lowest BCUT2D eigenvalue weighted by Crippen LogP contribution is -2.48. The van der Waals surface area contributed by atoms with Gasteiger partial charge in [0.25, 0.3) is 0 Å². The molecule has 0 spiro atoms. The van der Waals surface area contributed by atoms with Crippen LogP contribution in [-0.4, -0.2) is 51.7 Å². The number of nitrogens with zero attached hydrogens (tertiary/aromatic N) is 4. The van der Waals surface area contributed by atoms with Crippen LogP contribution < -0.4 is 0 Å². The van der Waals surface area contributed by atoms with Crippen LogP contribution in [0, 0.1) is 13.8 Å². The van der Waals surface area contributed by atoms with Crippen LogP contribution in [0.2, 0.25) is 0 Å². The van der Waals surface area contributed by atoms with E-state index >= 15 is 0 Å². The number of rotatable bonds is 5. The molecule has 146 valence electrons. The van der Waals surface area contributed by atoms with Crippen molar-refractivity contribution in [2.45, 2.75) is 33.4 Å². The Bertz CT molecular complexity index is 970. The molecule has 0 saturated carbocycles. The molecule has 0 unspecified atom stereocenters. The summed E-state index contributed by atoms with van der Waals surface area (Å²) in [6, 6.07) is 14.9. The van der Waals surface area contributed by atoms with Crippen LogP contribution >= 0.6 is 0 Å². The van der Waals surface area contributed by atoms with Crippen molar-refractivity contribution in [3.8, 4) is 0 Å². The maximum Gasteiger partial charge on any atom is 0.224 e. The number of aryl methyl sites for hydroxylation is 3. The molecule has 0 N–H and O–H groups in total. The summed E-state index contributed by atoms with van der Waals surface area (Å²) in [5.41, 5.74) is 5.04. The molecule has 4 rings (SSSR count). The van der Waals surface area contributed by atoms with E-state index in [4.69, 9.17) is 0 Å². The molecule has 2 heterocycles. The van der Waals surface area contributed by atoms with Crippen LogP contribution in [0.25, 0.3) is 10.9 Å². The Morgan fingerprint density at radius 2 is 1.82 bits per heavy atom. The largest absolute Gasteiger partial charge is 0.340 e. The van der Waals surface area contributed by atoms with Crippen LogP contribution in [0.1, 0.15) is 23.1 Å². The van der Waals surface area contributed by atoms with Gasteiger partial charge in [-0.3, -0.25) is 14.4 Å². The van der Waals surface area contributed by atoms with Crippen molar-refractivity contribution >= 4 is 16.8 Å². The first-order valence-electron chi connectivity index (χ1n) is 10.1. The van der Waals surface area contributed by atoms with E-state index < -0.39 is 0 Å². The van der Waals surface area contributed by atoms with E-state index in [1.54, 1.807) is 0 Å². The molecule has 1 saturated heterocycles. The summed E-state index contributed by atoms with van der Waals surface area (Å²) < 4.78 is 1.95. The van der Waals surface area contributed by atoms with E-state index in [-0.39, 0.29) is 5.91 Å². The van der Waals surface area contributed by atoms with Crippen molar-refractivity contribution in [3.63, 3.8) is 0 Å². The lowest BCUT2D eigenvalue weighted by Gasteiger charge is -2.35. The first-order valence-corrected chi connectivity index (χ1v) is 10.1. The third-order valence-electron chi connectivity index (χ3n) is 5.71. The second-order valence-corrected chi connectivity index (χ2v) is 7.76. The van der Waals surface area contributed by atoms with E-state index in [0.717, 1.165) is 43.6 Å². The number of carbonyl (C=O) groups is 1. The second-order valence-electron chi connectivity index (χ2n) is 7.76. The highest BCUT2D eigenvalue weighted by atomic mass is 16.2. The molecule has 1 aromatic heterocycles. The summed E-state index contributed by atoms with van der Waals surface area (Å²) in [6.45, 7) is 9.33. The highest BCUT2D eigenvalue weighted by molar-refractivity contribution is 5.80. The summed E-state index contributed by atoms with van der Waals surface area (Å²) in [6.07, 6.45) is 2.39. The average molecular weight is 377 g/mol. The Hall–Kier alpha value is -2.66. The topological polar surface area (TPSA) is 41.4 Å². The molecule has 1 amide bonds. The average Bonchev–Trinajstić information content (AvgIpc) is 3.10. The van der Waals surface area contributed by atoms with Gasteiger partial charge in [0.15, 0.2) is 0 Å². The van der Waals surface area contributed by atoms with Crippen molar-refractivity contribution < 1.29 is 4.79 Å². The van der Waals surface area contributed by atoms with Crippen molar-refractivity contribution in [3.05, 3.63) is 65.4 Å². The van der Waals surface area contributed by atoms with Gasteiger partial charge >= 0.3 is 0 Å². The van der Waals surface area contributed by atoms with Gasteiger partial charge < -0.3 is 4.90 Å².